The molecule has 2 saturated heterocycles. The van der Waals surface area contributed by atoms with E-state index in [1.165, 1.54) is 93.6 Å². The summed E-state index contributed by atoms with van der Waals surface area (Å²) in [6, 6.07) is 27.6. The van der Waals surface area contributed by atoms with Crippen molar-refractivity contribution in [2.75, 3.05) is 36.0 Å². The Kier molecular flexibility index (Phi) is 24.3. The summed E-state index contributed by atoms with van der Waals surface area (Å²) in [7, 11) is 0. The Morgan fingerprint density at radius 2 is 0.948 bits per heavy atom. The van der Waals surface area contributed by atoms with Crippen molar-refractivity contribution in [2.45, 2.75) is 90.9 Å². The third-order valence-corrected chi connectivity index (χ3v) is 8.98. The molecule has 4 aromatic carbocycles. The molecule has 2 heterocycles. The van der Waals surface area contributed by atoms with Gasteiger partial charge in [-0.1, -0.05) is 110 Å². The summed E-state index contributed by atoms with van der Waals surface area (Å²) in [4.78, 5) is 22.9. The Morgan fingerprint density at radius 1 is 0.586 bits per heavy atom. The lowest BCUT2D eigenvalue weighted by Gasteiger charge is -2.29. The van der Waals surface area contributed by atoms with Crippen molar-refractivity contribution >= 4 is 46.5 Å². The summed E-state index contributed by atoms with van der Waals surface area (Å²) in [5.74, 6) is -0.982. The van der Waals surface area contributed by atoms with Crippen LogP contribution in [-0.2, 0) is 21.9 Å². The molecule has 0 radical (unpaired) electrons. The summed E-state index contributed by atoms with van der Waals surface area (Å²) in [6.07, 6.45) is 0.799. The Balaban J connectivity index is 0.000000369. The zero-order chi connectivity index (χ0) is 43.7. The summed E-state index contributed by atoms with van der Waals surface area (Å²) < 4.78 is 70.7. The van der Waals surface area contributed by atoms with Gasteiger partial charge in [0.25, 0.3) is 11.9 Å². The minimum Gasteiger partial charge on any atom is -0.481 e. The van der Waals surface area contributed by atoms with Gasteiger partial charge in [-0.05, 0) is 86.8 Å². The van der Waals surface area contributed by atoms with E-state index in [0.717, 1.165) is 66.9 Å². The maximum Gasteiger partial charge on any atom is 0.416 e. The number of alkyl halides is 6. The third kappa shape index (κ3) is 23.1. The predicted molar refractivity (Wildman–Crippen MR) is 223 cm³/mol. The number of carboxylic acid groups (broad SMARTS) is 2. The average molecular weight is 860 g/mol. The van der Waals surface area contributed by atoms with E-state index in [9.17, 15) is 26.3 Å². The van der Waals surface area contributed by atoms with Crippen molar-refractivity contribution in [3.05, 3.63) is 130 Å². The second kappa shape index (κ2) is 27.3. The van der Waals surface area contributed by atoms with Crippen LogP contribution in [0.4, 0.5) is 37.7 Å². The van der Waals surface area contributed by atoms with Gasteiger partial charge >= 0.3 is 12.4 Å². The Hall–Kier alpha value is -4.42. The zero-order valence-electron chi connectivity index (χ0n) is 33.3. The quantitative estimate of drug-likeness (QED) is 0.199. The smallest absolute Gasteiger partial charge is 0.416 e. The number of hydrogen-bond acceptors (Lipinski definition) is 4. The Labute approximate surface area is 348 Å². The average Bonchev–Trinajstić information content (AvgIpc) is 3.18. The van der Waals surface area contributed by atoms with Crippen molar-refractivity contribution in [3.63, 3.8) is 0 Å². The van der Waals surface area contributed by atoms with E-state index >= 15 is 0 Å². The molecule has 2 fully saturated rings. The van der Waals surface area contributed by atoms with Gasteiger partial charge in [0.2, 0.25) is 0 Å². The predicted octanol–water partition coefficient (Wildman–Crippen LogP) is 13.8. The van der Waals surface area contributed by atoms with E-state index in [4.69, 9.17) is 43.0 Å². The Morgan fingerprint density at radius 3 is 1.28 bits per heavy atom. The molecule has 2 aliphatic rings. The summed E-state index contributed by atoms with van der Waals surface area (Å²) in [5, 5.41) is 16.3. The normalized spacial score (nSPS) is 14.1. The molecular formula is C44H54Cl2F6N2O4. The Bertz CT molecular complexity index is 1640. The lowest BCUT2D eigenvalue weighted by atomic mass is 9.98. The number of aliphatic carboxylic acids is 2. The minimum absolute atomic E-state index is 0.602. The van der Waals surface area contributed by atoms with Crippen LogP contribution in [0.25, 0.3) is 0 Å². The van der Waals surface area contributed by atoms with Gasteiger partial charge in [-0.15, -0.1) is 0 Å². The summed E-state index contributed by atoms with van der Waals surface area (Å²) in [5.41, 5.74) is 2.87. The molecule has 0 aromatic heterocycles. The molecule has 2 aliphatic heterocycles. The SMILES string of the molecule is CC(=O)O.CC(=O)O.CCC(C)c1cccc(N2CCCCC2)c1.Clc1cc(Cl)cc(N2CCCCC2)c1.FC(F)(F)c1ccccc1.FC(F)(F)c1ccccc1. The van der Waals surface area contributed by atoms with E-state index in [0.29, 0.717) is 5.92 Å². The van der Waals surface area contributed by atoms with E-state index in [2.05, 4.69) is 47.9 Å². The molecule has 0 bridgehead atoms. The number of hydrogen-bond donors (Lipinski definition) is 2. The number of rotatable bonds is 4. The molecule has 2 N–H and O–H groups in total. The van der Waals surface area contributed by atoms with Crippen molar-refractivity contribution in [1.82, 2.24) is 0 Å². The van der Waals surface area contributed by atoms with Crippen LogP contribution in [0, 0.1) is 0 Å². The first-order valence-corrected chi connectivity index (χ1v) is 19.7. The molecule has 6 nitrogen and oxygen atoms in total. The monoisotopic (exact) mass is 858 g/mol. The number of piperidine rings is 2. The lowest BCUT2D eigenvalue weighted by Crippen LogP contribution is -2.29. The molecule has 0 saturated carbocycles. The van der Waals surface area contributed by atoms with Crippen LogP contribution < -0.4 is 9.80 Å². The molecule has 4 aromatic rings. The van der Waals surface area contributed by atoms with Gasteiger partial charge in [0, 0.05) is 61.4 Å². The lowest BCUT2D eigenvalue weighted by molar-refractivity contribution is -0.138. The van der Waals surface area contributed by atoms with E-state index in [1.807, 2.05) is 12.1 Å². The molecule has 1 unspecified atom stereocenters. The molecule has 14 heteroatoms. The number of benzene rings is 4. The van der Waals surface area contributed by atoms with Crippen LogP contribution in [0.5, 0.6) is 0 Å². The van der Waals surface area contributed by atoms with Crippen LogP contribution in [-0.4, -0.2) is 48.3 Å². The fraction of sp³-hybridized carbons (Fsp3) is 0.409. The van der Waals surface area contributed by atoms with Crippen LogP contribution >= 0.6 is 23.2 Å². The van der Waals surface area contributed by atoms with Gasteiger partial charge in [-0.25, -0.2) is 0 Å². The van der Waals surface area contributed by atoms with Crippen LogP contribution in [0.2, 0.25) is 10.0 Å². The van der Waals surface area contributed by atoms with Crippen molar-refractivity contribution in [1.29, 1.82) is 0 Å². The summed E-state index contributed by atoms with van der Waals surface area (Å²) >= 11 is 11.9. The first-order chi connectivity index (χ1) is 27.2. The number of anilines is 2. The maximum absolute atomic E-state index is 11.8. The van der Waals surface area contributed by atoms with Crippen molar-refractivity contribution in [3.8, 4) is 0 Å². The van der Waals surface area contributed by atoms with Gasteiger partial charge in [0.1, 0.15) is 0 Å². The first kappa shape index (κ1) is 51.6. The summed E-state index contributed by atoms with van der Waals surface area (Å²) in [6.45, 7) is 11.5. The van der Waals surface area contributed by atoms with Gasteiger partial charge in [-0.2, -0.15) is 26.3 Å². The van der Waals surface area contributed by atoms with Gasteiger partial charge in [0.15, 0.2) is 0 Å². The highest BCUT2D eigenvalue weighted by Crippen LogP contribution is 2.30. The van der Waals surface area contributed by atoms with E-state index in [1.54, 1.807) is 18.2 Å². The highest BCUT2D eigenvalue weighted by molar-refractivity contribution is 6.35. The molecule has 1 atom stereocenters. The largest absolute Gasteiger partial charge is 0.481 e. The second-order valence-electron chi connectivity index (χ2n) is 13.4. The minimum atomic E-state index is -4.21. The van der Waals surface area contributed by atoms with Gasteiger partial charge < -0.3 is 20.0 Å². The number of halogens is 8. The zero-order valence-corrected chi connectivity index (χ0v) is 34.8. The molecular weight excluding hydrogens is 805 g/mol. The number of carbonyl (C=O) groups is 2. The standard InChI is InChI=1S/C15H23N.C11H13Cl2N.2C7H5F3.2C2H4O2/c1-3-13(2)14-8-7-9-15(12-14)16-10-5-4-6-11-16;12-9-6-10(13)8-11(7-9)14-4-2-1-3-5-14;2*8-7(9,10)6-4-2-1-3-5-6;2*1-2(3)4/h7-9,12-13H,3-6,10-11H2,1-2H3;6-8H,1-5H2;2*1-5H;2*1H3,(H,3,4). The van der Waals surface area contributed by atoms with Crippen LogP contribution in [0.15, 0.2) is 103 Å². The first-order valence-electron chi connectivity index (χ1n) is 18.9. The molecule has 320 valence electrons. The molecule has 0 amide bonds. The van der Waals surface area contributed by atoms with Crippen molar-refractivity contribution < 1.29 is 46.1 Å². The second-order valence-corrected chi connectivity index (χ2v) is 14.3. The van der Waals surface area contributed by atoms with E-state index in [-0.39, 0.29) is 0 Å². The fourth-order valence-corrected chi connectivity index (χ4v) is 6.06. The van der Waals surface area contributed by atoms with Crippen LogP contribution in [0.1, 0.15) is 95.2 Å². The molecule has 6 rings (SSSR count). The van der Waals surface area contributed by atoms with Crippen LogP contribution in [0.3, 0.4) is 0 Å². The number of carboxylic acids is 2. The highest BCUT2D eigenvalue weighted by Gasteiger charge is 2.30. The van der Waals surface area contributed by atoms with E-state index < -0.39 is 35.4 Å². The van der Waals surface area contributed by atoms with Crippen molar-refractivity contribution in [2.24, 2.45) is 0 Å². The topological polar surface area (TPSA) is 81.1 Å². The fourth-order valence-electron chi connectivity index (χ4n) is 5.54. The van der Waals surface area contributed by atoms with Gasteiger partial charge in [0.05, 0.1) is 11.1 Å². The molecule has 0 spiro atoms. The maximum atomic E-state index is 11.8. The molecule has 58 heavy (non-hydrogen) atoms. The molecule has 0 aliphatic carbocycles. The third-order valence-electron chi connectivity index (χ3n) is 8.54. The van der Waals surface area contributed by atoms with Gasteiger partial charge in [-0.3, -0.25) is 9.59 Å². The highest BCUT2D eigenvalue weighted by atomic mass is 35.5. The number of nitrogens with zero attached hydrogens (tertiary/aromatic N) is 2.